The fourth-order valence-electron chi connectivity index (χ4n) is 3.08. The fraction of sp³-hybridized carbons (Fsp3) is 0.682. The van der Waals surface area contributed by atoms with Crippen LogP contribution in [-0.4, -0.2) is 51.7 Å². The third-order valence-corrected chi connectivity index (χ3v) is 6.50. The topological polar surface area (TPSA) is 73.9 Å². The van der Waals surface area contributed by atoms with Crippen LogP contribution in [0.2, 0.25) is 0 Å². The predicted molar refractivity (Wildman–Crippen MR) is 117 cm³/mol. The van der Waals surface area contributed by atoms with Gasteiger partial charge >= 0.3 is 12.0 Å². The molecule has 0 aromatic heterocycles. The summed E-state index contributed by atoms with van der Waals surface area (Å²) in [5.74, 6) is -4.80. The van der Waals surface area contributed by atoms with Crippen molar-refractivity contribution >= 4 is 17.5 Å². The number of carbonyl (C=O) groups excluding carboxylic acids is 1. The standard InChI is InChI=1S/C22H33F3N2O4S/c1-14(26-32(29)21(5,6)7)15-9-8-10-16(18(15)23)22(24,25)17-13-27(11-12-30-17)19(28)31-20(2,3)4/h8-10,14,17,26H,11-13H2,1-7H3/t14-,17?,32-/m1/s1. The normalized spacial score (nSPS) is 20.1. The molecular formula is C22H33F3N2O4S. The summed E-state index contributed by atoms with van der Waals surface area (Å²) in [5.41, 5.74) is -1.63. The molecule has 0 aliphatic carbocycles. The first-order valence-electron chi connectivity index (χ1n) is 10.5. The molecule has 1 amide bonds. The smallest absolute Gasteiger partial charge is 0.410 e. The Hall–Kier alpha value is -1.49. The second kappa shape index (κ2) is 9.79. The number of benzene rings is 1. The summed E-state index contributed by atoms with van der Waals surface area (Å²) < 4.78 is 70.9. The molecule has 1 heterocycles. The molecular weight excluding hydrogens is 445 g/mol. The van der Waals surface area contributed by atoms with E-state index in [1.54, 1.807) is 48.5 Å². The molecule has 6 nitrogen and oxygen atoms in total. The first kappa shape index (κ1) is 26.8. The van der Waals surface area contributed by atoms with Gasteiger partial charge in [-0.25, -0.2) is 9.18 Å². The number of hydrogen-bond acceptors (Lipinski definition) is 5. The minimum Gasteiger partial charge on any atom is -0.598 e. The van der Waals surface area contributed by atoms with Crippen LogP contribution in [0, 0.1) is 5.82 Å². The number of rotatable bonds is 5. The van der Waals surface area contributed by atoms with E-state index < -0.39 is 63.8 Å². The molecule has 182 valence electrons. The van der Waals surface area contributed by atoms with Crippen LogP contribution in [0.3, 0.4) is 0 Å². The molecule has 0 saturated carbocycles. The van der Waals surface area contributed by atoms with Crippen LogP contribution in [0.15, 0.2) is 18.2 Å². The number of morpholine rings is 1. The van der Waals surface area contributed by atoms with Crippen molar-refractivity contribution in [1.29, 1.82) is 0 Å². The Morgan fingerprint density at radius 1 is 1.28 bits per heavy atom. The highest BCUT2D eigenvalue weighted by Crippen LogP contribution is 2.38. The van der Waals surface area contributed by atoms with Gasteiger partial charge in [-0.2, -0.15) is 8.78 Å². The van der Waals surface area contributed by atoms with E-state index in [4.69, 9.17) is 9.47 Å². The zero-order chi connectivity index (χ0) is 24.5. The summed E-state index contributed by atoms with van der Waals surface area (Å²) in [4.78, 5) is 13.5. The number of amides is 1. The third-order valence-electron chi connectivity index (χ3n) is 4.82. The number of nitrogens with one attached hydrogen (secondary N) is 1. The Bertz CT molecular complexity index is 811. The largest absolute Gasteiger partial charge is 0.598 e. The van der Waals surface area contributed by atoms with Gasteiger partial charge in [0.15, 0.2) is 0 Å². The third kappa shape index (κ3) is 6.52. The quantitative estimate of drug-likeness (QED) is 0.623. The molecule has 32 heavy (non-hydrogen) atoms. The molecule has 0 radical (unpaired) electrons. The monoisotopic (exact) mass is 478 g/mol. The van der Waals surface area contributed by atoms with Crippen molar-refractivity contribution in [2.45, 2.75) is 76.9 Å². The van der Waals surface area contributed by atoms with Gasteiger partial charge in [0.25, 0.3) is 0 Å². The van der Waals surface area contributed by atoms with Crippen LogP contribution in [0.25, 0.3) is 0 Å². The average Bonchev–Trinajstić information content (AvgIpc) is 2.65. The van der Waals surface area contributed by atoms with E-state index in [2.05, 4.69) is 4.72 Å². The van der Waals surface area contributed by atoms with Crippen molar-refractivity contribution in [2.75, 3.05) is 19.7 Å². The molecule has 1 aromatic rings. The molecule has 1 aliphatic rings. The molecule has 2 rings (SSSR count). The highest BCUT2D eigenvalue weighted by Gasteiger charge is 2.48. The number of ether oxygens (including phenoxy) is 2. The van der Waals surface area contributed by atoms with Crippen molar-refractivity contribution in [3.8, 4) is 0 Å². The molecule has 1 N–H and O–H groups in total. The van der Waals surface area contributed by atoms with Crippen molar-refractivity contribution in [1.82, 2.24) is 9.62 Å². The van der Waals surface area contributed by atoms with E-state index in [-0.39, 0.29) is 18.7 Å². The van der Waals surface area contributed by atoms with Gasteiger partial charge in [0.1, 0.15) is 22.3 Å². The van der Waals surface area contributed by atoms with Crippen molar-refractivity contribution < 1.29 is 32.0 Å². The number of halogens is 3. The van der Waals surface area contributed by atoms with E-state index >= 15 is 13.2 Å². The van der Waals surface area contributed by atoms with Crippen molar-refractivity contribution in [3.05, 3.63) is 35.1 Å². The van der Waals surface area contributed by atoms with Crippen LogP contribution in [0.1, 0.15) is 65.6 Å². The minimum atomic E-state index is -3.70. The Balaban J connectivity index is 2.24. The number of alkyl halides is 2. The molecule has 3 atom stereocenters. The highest BCUT2D eigenvalue weighted by atomic mass is 32.2. The van der Waals surface area contributed by atoms with Crippen molar-refractivity contribution in [3.63, 3.8) is 0 Å². The molecule has 1 fully saturated rings. The van der Waals surface area contributed by atoms with Gasteiger partial charge < -0.3 is 18.9 Å². The summed E-state index contributed by atoms with van der Waals surface area (Å²) in [7, 11) is 0. The summed E-state index contributed by atoms with van der Waals surface area (Å²) >= 11 is -1.51. The van der Waals surface area contributed by atoms with E-state index in [0.29, 0.717) is 0 Å². The lowest BCUT2D eigenvalue weighted by Gasteiger charge is -2.37. The summed E-state index contributed by atoms with van der Waals surface area (Å²) in [6.45, 7) is 11.4. The maximum atomic E-state index is 15.3. The molecule has 1 unspecified atom stereocenters. The summed E-state index contributed by atoms with van der Waals surface area (Å²) in [6, 6.07) is 2.94. The molecule has 1 aliphatic heterocycles. The molecule has 0 spiro atoms. The van der Waals surface area contributed by atoms with E-state index in [1.165, 1.54) is 12.1 Å². The maximum absolute atomic E-state index is 15.3. The average molecular weight is 479 g/mol. The number of hydrogen-bond donors (Lipinski definition) is 1. The lowest BCUT2D eigenvalue weighted by molar-refractivity contribution is -0.171. The van der Waals surface area contributed by atoms with E-state index in [1.807, 2.05) is 0 Å². The zero-order valence-electron chi connectivity index (χ0n) is 19.6. The van der Waals surface area contributed by atoms with Gasteiger partial charge in [-0.3, -0.25) is 0 Å². The predicted octanol–water partition coefficient (Wildman–Crippen LogP) is 4.67. The lowest BCUT2D eigenvalue weighted by atomic mass is 9.96. The number of nitrogens with zero attached hydrogens (tertiary/aromatic N) is 1. The fourth-order valence-corrected chi connectivity index (χ4v) is 3.88. The van der Waals surface area contributed by atoms with Crippen LogP contribution >= 0.6 is 0 Å². The minimum absolute atomic E-state index is 0.0282. The van der Waals surface area contributed by atoms with Crippen LogP contribution in [0.5, 0.6) is 0 Å². The molecule has 10 heteroatoms. The van der Waals surface area contributed by atoms with Crippen LogP contribution < -0.4 is 4.72 Å². The van der Waals surface area contributed by atoms with Gasteiger partial charge in [-0.1, -0.05) is 12.1 Å². The van der Waals surface area contributed by atoms with Crippen LogP contribution in [-0.2, 0) is 26.8 Å². The molecule has 1 saturated heterocycles. The summed E-state index contributed by atoms with van der Waals surface area (Å²) in [6.07, 6.45) is -2.46. The zero-order valence-corrected chi connectivity index (χ0v) is 20.4. The highest BCUT2D eigenvalue weighted by molar-refractivity contribution is 7.90. The second-order valence-corrected chi connectivity index (χ2v) is 11.8. The molecule has 1 aromatic carbocycles. The Morgan fingerprint density at radius 3 is 2.47 bits per heavy atom. The number of carbonyl (C=O) groups is 1. The summed E-state index contributed by atoms with van der Waals surface area (Å²) in [5, 5.41) is 0. The Morgan fingerprint density at radius 2 is 1.91 bits per heavy atom. The van der Waals surface area contributed by atoms with Gasteiger partial charge in [-0.15, -0.1) is 4.72 Å². The first-order chi connectivity index (χ1) is 14.5. The van der Waals surface area contributed by atoms with Gasteiger partial charge in [0, 0.05) is 23.5 Å². The van der Waals surface area contributed by atoms with Gasteiger partial charge in [0.2, 0.25) is 0 Å². The second-order valence-electron chi connectivity index (χ2n) is 9.84. The van der Waals surface area contributed by atoms with Gasteiger partial charge in [-0.05, 0) is 54.5 Å². The Labute approximate surface area is 191 Å². The SMILES string of the molecule is C[C@@H](N[S@+]([O-])C(C)(C)C)c1cccc(C(F)(F)C2CN(C(=O)OC(C)(C)C)CCO2)c1F. The maximum Gasteiger partial charge on any atom is 0.410 e. The van der Waals surface area contributed by atoms with Gasteiger partial charge in [0.05, 0.1) is 24.8 Å². The Kier molecular flexibility index (Phi) is 8.18. The van der Waals surface area contributed by atoms with E-state index in [0.717, 1.165) is 11.0 Å². The van der Waals surface area contributed by atoms with Crippen molar-refractivity contribution in [2.24, 2.45) is 0 Å². The van der Waals surface area contributed by atoms with Crippen LogP contribution in [0.4, 0.5) is 18.0 Å². The lowest BCUT2D eigenvalue weighted by Crippen LogP contribution is -2.52. The first-order valence-corrected chi connectivity index (χ1v) is 11.6. The molecule has 0 bridgehead atoms. The van der Waals surface area contributed by atoms with E-state index in [9.17, 15) is 9.35 Å².